The quantitative estimate of drug-likeness (QED) is 0.872. The first-order valence-electron chi connectivity index (χ1n) is 4.54. The molecule has 0 heterocycles. The van der Waals surface area contributed by atoms with Crippen molar-refractivity contribution in [2.24, 2.45) is 0 Å². The van der Waals surface area contributed by atoms with Crippen LogP contribution >= 0.6 is 15.9 Å². The molecule has 94 valence electrons. The van der Waals surface area contributed by atoms with E-state index < -0.39 is 18.7 Å². The van der Waals surface area contributed by atoms with E-state index in [2.05, 4.69) is 20.8 Å². The molecule has 1 aromatic rings. The maximum Gasteiger partial charge on any atom is 0.414 e. The predicted octanol–water partition coefficient (Wildman–Crippen LogP) is 2.98. The van der Waals surface area contributed by atoms with Gasteiger partial charge in [-0.1, -0.05) is 15.9 Å². The summed E-state index contributed by atoms with van der Waals surface area (Å²) in [5, 5.41) is 0. The van der Waals surface area contributed by atoms with E-state index in [0.29, 0.717) is 0 Å². The van der Waals surface area contributed by atoms with Gasteiger partial charge in [-0.3, -0.25) is 9.63 Å². The molecular weight excluding hydrogens is 303 g/mol. The van der Waals surface area contributed by atoms with Crippen LogP contribution < -0.4 is 5.48 Å². The molecule has 0 bridgehead atoms. The van der Waals surface area contributed by atoms with Crippen LogP contribution in [0.25, 0.3) is 0 Å². The maximum absolute atomic E-state index is 11.7. The SMILES string of the molecule is Cc1cc(C(=O)NOCC(F)(F)F)ccc1Br. The van der Waals surface area contributed by atoms with Gasteiger partial charge in [-0.15, -0.1) is 0 Å². The minimum absolute atomic E-state index is 0.230. The number of halogens is 4. The molecule has 1 N–H and O–H groups in total. The number of amides is 1. The Morgan fingerprint density at radius 1 is 1.47 bits per heavy atom. The van der Waals surface area contributed by atoms with Gasteiger partial charge in [-0.05, 0) is 30.7 Å². The number of alkyl halides is 3. The number of carbonyl (C=O) groups excluding carboxylic acids is 1. The first-order valence-corrected chi connectivity index (χ1v) is 5.34. The van der Waals surface area contributed by atoms with Gasteiger partial charge in [0.05, 0.1) is 0 Å². The molecule has 0 radical (unpaired) electrons. The van der Waals surface area contributed by atoms with E-state index in [1.165, 1.54) is 12.1 Å². The molecule has 7 heteroatoms. The van der Waals surface area contributed by atoms with Crippen molar-refractivity contribution in [1.29, 1.82) is 0 Å². The number of aryl methyl sites for hydroxylation is 1. The van der Waals surface area contributed by atoms with Crippen LogP contribution in [0.2, 0.25) is 0 Å². The van der Waals surface area contributed by atoms with Crippen LogP contribution in [0.15, 0.2) is 22.7 Å². The molecule has 1 rings (SSSR count). The molecule has 0 aliphatic carbocycles. The zero-order valence-electron chi connectivity index (χ0n) is 8.77. The predicted molar refractivity (Wildman–Crippen MR) is 58.4 cm³/mol. The zero-order chi connectivity index (χ0) is 13.1. The summed E-state index contributed by atoms with van der Waals surface area (Å²) in [6.07, 6.45) is -4.47. The van der Waals surface area contributed by atoms with Crippen LogP contribution in [0.1, 0.15) is 15.9 Å². The van der Waals surface area contributed by atoms with Crippen LogP contribution in [0.3, 0.4) is 0 Å². The summed E-state index contributed by atoms with van der Waals surface area (Å²) in [5.74, 6) is -0.718. The van der Waals surface area contributed by atoms with Crippen molar-refractivity contribution in [2.45, 2.75) is 13.1 Å². The summed E-state index contributed by atoms with van der Waals surface area (Å²) in [6, 6.07) is 4.65. The van der Waals surface area contributed by atoms with E-state index in [9.17, 15) is 18.0 Å². The maximum atomic E-state index is 11.7. The van der Waals surface area contributed by atoms with Crippen molar-refractivity contribution in [3.8, 4) is 0 Å². The molecule has 0 unspecified atom stereocenters. The molecule has 0 spiro atoms. The Hall–Kier alpha value is -1.08. The van der Waals surface area contributed by atoms with Crippen molar-refractivity contribution >= 4 is 21.8 Å². The Morgan fingerprint density at radius 3 is 2.65 bits per heavy atom. The van der Waals surface area contributed by atoms with Crippen LogP contribution in [-0.2, 0) is 4.84 Å². The lowest BCUT2D eigenvalue weighted by molar-refractivity contribution is -0.184. The number of benzene rings is 1. The van der Waals surface area contributed by atoms with Crippen molar-refractivity contribution in [3.63, 3.8) is 0 Å². The highest BCUT2D eigenvalue weighted by atomic mass is 79.9. The molecule has 0 saturated heterocycles. The Balaban J connectivity index is 2.56. The van der Waals surface area contributed by atoms with E-state index in [-0.39, 0.29) is 5.56 Å². The van der Waals surface area contributed by atoms with Gasteiger partial charge in [0.1, 0.15) is 0 Å². The Labute approximate surface area is 104 Å². The number of hydrogen-bond acceptors (Lipinski definition) is 2. The highest BCUT2D eigenvalue weighted by molar-refractivity contribution is 9.10. The van der Waals surface area contributed by atoms with E-state index in [4.69, 9.17) is 0 Å². The monoisotopic (exact) mass is 311 g/mol. The minimum Gasteiger partial charge on any atom is -0.267 e. The third-order valence-corrected chi connectivity index (χ3v) is 2.71. The first kappa shape index (κ1) is 14.0. The summed E-state index contributed by atoms with van der Waals surface area (Å²) in [5.41, 5.74) is 2.76. The van der Waals surface area contributed by atoms with Crippen molar-refractivity contribution in [3.05, 3.63) is 33.8 Å². The number of hydroxylamine groups is 1. The van der Waals surface area contributed by atoms with Gasteiger partial charge < -0.3 is 0 Å². The van der Waals surface area contributed by atoms with E-state index in [1.54, 1.807) is 18.5 Å². The van der Waals surface area contributed by atoms with E-state index in [0.717, 1.165) is 10.0 Å². The summed E-state index contributed by atoms with van der Waals surface area (Å²) < 4.78 is 36.0. The molecule has 1 aromatic carbocycles. The second kappa shape index (κ2) is 5.50. The second-order valence-electron chi connectivity index (χ2n) is 3.30. The highest BCUT2D eigenvalue weighted by Gasteiger charge is 2.28. The molecule has 1 amide bonds. The Morgan fingerprint density at radius 2 is 2.12 bits per heavy atom. The van der Waals surface area contributed by atoms with E-state index in [1.807, 2.05) is 0 Å². The molecule has 0 aliphatic heterocycles. The van der Waals surface area contributed by atoms with Crippen molar-refractivity contribution in [2.75, 3.05) is 6.61 Å². The molecule has 0 aliphatic rings. The van der Waals surface area contributed by atoms with Crippen molar-refractivity contribution < 1.29 is 22.8 Å². The smallest absolute Gasteiger partial charge is 0.267 e. The second-order valence-corrected chi connectivity index (χ2v) is 4.15. The normalized spacial score (nSPS) is 11.4. The lowest BCUT2D eigenvalue weighted by Crippen LogP contribution is -2.29. The largest absolute Gasteiger partial charge is 0.414 e. The van der Waals surface area contributed by atoms with Crippen LogP contribution in [-0.4, -0.2) is 18.7 Å². The number of hydrogen-bond donors (Lipinski definition) is 1. The summed E-state index contributed by atoms with van der Waals surface area (Å²) in [4.78, 5) is 15.4. The van der Waals surface area contributed by atoms with Gasteiger partial charge in [0.2, 0.25) is 0 Å². The lowest BCUT2D eigenvalue weighted by atomic mass is 10.1. The average molecular weight is 312 g/mol. The van der Waals surface area contributed by atoms with E-state index >= 15 is 0 Å². The third kappa shape index (κ3) is 4.74. The fraction of sp³-hybridized carbons (Fsp3) is 0.300. The number of rotatable bonds is 3. The van der Waals surface area contributed by atoms with Crippen LogP contribution in [0.5, 0.6) is 0 Å². The van der Waals surface area contributed by atoms with Gasteiger partial charge in [-0.2, -0.15) is 13.2 Å². The molecule has 0 atom stereocenters. The zero-order valence-corrected chi connectivity index (χ0v) is 10.4. The molecular formula is C10H9BrF3NO2. The molecule has 17 heavy (non-hydrogen) atoms. The fourth-order valence-electron chi connectivity index (χ4n) is 1.03. The van der Waals surface area contributed by atoms with Gasteiger partial charge in [0.15, 0.2) is 6.61 Å². The number of nitrogens with one attached hydrogen (secondary N) is 1. The summed E-state index contributed by atoms with van der Waals surface area (Å²) in [6.45, 7) is 0.242. The first-order chi connectivity index (χ1) is 7.79. The van der Waals surface area contributed by atoms with Gasteiger partial charge in [-0.25, -0.2) is 5.48 Å². The third-order valence-electron chi connectivity index (χ3n) is 1.82. The van der Waals surface area contributed by atoms with Crippen molar-refractivity contribution in [1.82, 2.24) is 5.48 Å². The highest BCUT2D eigenvalue weighted by Crippen LogP contribution is 2.17. The Kier molecular flexibility index (Phi) is 4.53. The van der Waals surface area contributed by atoms with Crippen LogP contribution in [0, 0.1) is 6.92 Å². The van der Waals surface area contributed by atoms with Gasteiger partial charge in [0.25, 0.3) is 5.91 Å². The van der Waals surface area contributed by atoms with Gasteiger partial charge >= 0.3 is 6.18 Å². The van der Waals surface area contributed by atoms with Crippen LogP contribution in [0.4, 0.5) is 13.2 Å². The minimum atomic E-state index is -4.47. The van der Waals surface area contributed by atoms with Gasteiger partial charge in [0, 0.05) is 10.0 Å². The topological polar surface area (TPSA) is 38.3 Å². The standard InChI is InChI=1S/C10H9BrF3NO2/c1-6-4-7(2-3-8(6)11)9(16)15-17-5-10(12,13)14/h2-4H,5H2,1H3,(H,15,16). The summed E-state index contributed by atoms with van der Waals surface area (Å²) >= 11 is 3.25. The Bertz CT molecular complexity index is 421. The molecule has 3 nitrogen and oxygen atoms in total. The summed E-state index contributed by atoms with van der Waals surface area (Å²) in [7, 11) is 0. The average Bonchev–Trinajstić information content (AvgIpc) is 2.20. The lowest BCUT2D eigenvalue weighted by Gasteiger charge is -2.08. The number of carbonyl (C=O) groups is 1. The fourth-order valence-corrected chi connectivity index (χ4v) is 1.27. The molecule has 0 aromatic heterocycles. The molecule has 0 saturated carbocycles. The molecule has 0 fully saturated rings.